The molecule has 0 aliphatic carbocycles. The minimum absolute atomic E-state index is 0.593. The van der Waals surface area contributed by atoms with Gasteiger partial charge in [0.25, 0.3) is 0 Å². The Kier molecular flexibility index (Phi) is 3.59. The van der Waals surface area contributed by atoms with E-state index >= 15 is 0 Å². The molecule has 0 unspecified atom stereocenters. The zero-order valence-electron chi connectivity index (χ0n) is 8.28. The van der Waals surface area contributed by atoms with E-state index in [0.29, 0.717) is 15.4 Å². The highest BCUT2D eigenvalue weighted by atomic mass is 35.5. The van der Waals surface area contributed by atoms with Gasteiger partial charge in [0.15, 0.2) is 0 Å². The lowest BCUT2D eigenvalue weighted by Gasteiger charge is -2.05. The average Bonchev–Trinajstić information content (AvgIpc) is 2.31. The predicted molar refractivity (Wildman–Crippen MR) is 67.5 cm³/mol. The van der Waals surface area contributed by atoms with Crippen LogP contribution in [0.5, 0.6) is 0 Å². The molecule has 0 amide bonds. The monoisotopic (exact) mass is 230 g/mol. The molecule has 2 rings (SSSR count). The largest absolute Gasteiger partial charge is 0.122 e. The first kappa shape index (κ1) is 10.5. The molecular formula is C13H11ClSi. The SMILES string of the molecule is ClCc1ccccc1[Si]c1ccccc1. The van der Waals surface area contributed by atoms with Gasteiger partial charge < -0.3 is 0 Å². The van der Waals surface area contributed by atoms with Crippen molar-refractivity contribution in [3.05, 3.63) is 60.2 Å². The van der Waals surface area contributed by atoms with Gasteiger partial charge in [-0.25, -0.2) is 0 Å². The molecule has 0 aliphatic rings. The van der Waals surface area contributed by atoms with Crippen LogP contribution in [0.4, 0.5) is 0 Å². The maximum absolute atomic E-state index is 5.90. The lowest BCUT2D eigenvalue weighted by Crippen LogP contribution is -2.29. The van der Waals surface area contributed by atoms with Gasteiger partial charge in [0.2, 0.25) is 0 Å². The van der Waals surface area contributed by atoms with Crippen molar-refractivity contribution in [2.45, 2.75) is 5.88 Å². The van der Waals surface area contributed by atoms with E-state index in [9.17, 15) is 0 Å². The van der Waals surface area contributed by atoms with E-state index in [0.717, 1.165) is 0 Å². The summed E-state index contributed by atoms with van der Waals surface area (Å²) in [5, 5.41) is 2.70. The van der Waals surface area contributed by atoms with Gasteiger partial charge in [0.05, 0.1) is 0 Å². The molecule has 0 saturated heterocycles. The molecule has 0 bridgehead atoms. The quantitative estimate of drug-likeness (QED) is 0.560. The third kappa shape index (κ3) is 2.71. The molecule has 0 heterocycles. The van der Waals surface area contributed by atoms with Gasteiger partial charge in [0, 0.05) is 5.88 Å². The number of hydrogen-bond donors (Lipinski definition) is 0. The Morgan fingerprint density at radius 1 is 0.867 bits per heavy atom. The topological polar surface area (TPSA) is 0 Å². The summed E-state index contributed by atoms with van der Waals surface area (Å²) in [7, 11) is 0.698. The fraction of sp³-hybridized carbons (Fsp3) is 0.0769. The van der Waals surface area contributed by atoms with Crippen molar-refractivity contribution in [2.75, 3.05) is 0 Å². The van der Waals surface area contributed by atoms with Crippen molar-refractivity contribution < 1.29 is 0 Å². The Hall–Kier alpha value is -1.05. The maximum atomic E-state index is 5.90. The first-order valence-electron chi connectivity index (χ1n) is 4.86. The van der Waals surface area contributed by atoms with Crippen molar-refractivity contribution in [3.63, 3.8) is 0 Å². The van der Waals surface area contributed by atoms with Crippen LogP contribution in [0, 0.1) is 0 Å². The summed E-state index contributed by atoms with van der Waals surface area (Å²) in [4.78, 5) is 0. The van der Waals surface area contributed by atoms with Gasteiger partial charge in [-0.3, -0.25) is 0 Å². The van der Waals surface area contributed by atoms with E-state index in [-0.39, 0.29) is 0 Å². The minimum Gasteiger partial charge on any atom is -0.122 e. The highest BCUT2D eigenvalue weighted by Crippen LogP contribution is 1.99. The number of benzene rings is 2. The van der Waals surface area contributed by atoms with Crippen LogP contribution in [0.1, 0.15) is 5.56 Å². The van der Waals surface area contributed by atoms with Crippen molar-refractivity contribution in [2.24, 2.45) is 0 Å². The van der Waals surface area contributed by atoms with Gasteiger partial charge in [-0.1, -0.05) is 65.0 Å². The highest BCUT2D eigenvalue weighted by molar-refractivity contribution is 6.67. The summed E-state index contributed by atoms with van der Waals surface area (Å²) in [5.41, 5.74) is 1.24. The zero-order valence-corrected chi connectivity index (χ0v) is 10.0. The van der Waals surface area contributed by atoms with Crippen molar-refractivity contribution in [3.8, 4) is 0 Å². The van der Waals surface area contributed by atoms with E-state index < -0.39 is 0 Å². The smallest absolute Gasteiger partial charge is 0.121 e. The van der Waals surface area contributed by atoms with E-state index in [1.165, 1.54) is 15.9 Å². The van der Waals surface area contributed by atoms with Crippen LogP contribution in [0.2, 0.25) is 0 Å². The fourth-order valence-corrected chi connectivity index (χ4v) is 2.96. The summed E-state index contributed by atoms with van der Waals surface area (Å²) in [5.74, 6) is 0.593. The summed E-state index contributed by atoms with van der Waals surface area (Å²) < 4.78 is 0. The Morgan fingerprint density at radius 3 is 2.27 bits per heavy atom. The molecule has 0 atom stereocenters. The highest BCUT2D eigenvalue weighted by Gasteiger charge is 2.02. The lowest BCUT2D eigenvalue weighted by molar-refractivity contribution is 1.44. The van der Waals surface area contributed by atoms with Crippen LogP contribution < -0.4 is 10.4 Å². The molecule has 0 aromatic heterocycles. The van der Waals surface area contributed by atoms with Gasteiger partial charge in [-0.15, -0.1) is 11.6 Å². The second kappa shape index (κ2) is 5.15. The predicted octanol–water partition coefficient (Wildman–Crippen LogP) is 2.08. The average molecular weight is 231 g/mol. The molecule has 15 heavy (non-hydrogen) atoms. The molecule has 74 valence electrons. The number of hydrogen-bond acceptors (Lipinski definition) is 0. The molecular weight excluding hydrogens is 220 g/mol. The standard InChI is InChI=1S/C13H11ClSi/c14-10-11-6-4-5-9-13(11)15-12-7-2-1-3-8-12/h1-9H,10H2. The summed E-state index contributed by atoms with van der Waals surface area (Å²) >= 11 is 5.90. The van der Waals surface area contributed by atoms with E-state index in [1.807, 2.05) is 12.1 Å². The first-order chi connectivity index (χ1) is 7.40. The van der Waals surface area contributed by atoms with Gasteiger partial charge in [-0.2, -0.15) is 0 Å². The summed E-state index contributed by atoms with van der Waals surface area (Å²) in [6.45, 7) is 0. The normalized spacial score (nSPS) is 10.2. The van der Waals surface area contributed by atoms with Gasteiger partial charge >= 0.3 is 0 Å². The molecule has 0 spiro atoms. The van der Waals surface area contributed by atoms with Crippen LogP contribution in [0.15, 0.2) is 54.6 Å². The molecule has 2 radical (unpaired) electrons. The number of alkyl halides is 1. The lowest BCUT2D eigenvalue weighted by atomic mass is 10.2. The van der Waals surface area contributed by atoms with Crippen molar-refractivity contribution in [1.82, 2.24) is 0 Å². The van der Waals surface area contributed by atoms with Gasteiger partial charge in [-0.05, 0) is 5.56 Å². The maximum Gasteiger partial charge on any atom is 0.121 e. The molecule has 2 heteroatoms. The third-order valence-corrected chi connectivity index (χ3v) is 3.88. The molecule has 0 N–H and O–H groups in total. The Morgan fingerprint density at radius 2 is 1.53 bits per heavy atom. The second-order valence-corrected chi connectivity index (χ2v) is 4.92. The zero-order chi connectivity index (χ0) is 10.5. The van der Waals surface area contributed by atoms with Crippen LogP contribution in [0.3, 0.4) is 0 Å². The minimum atomic E-state index is 0.593. The second-order valence-electron chi connectivity index (χ2n) is 3.28. The third-order valence-electron chi connectivity index (χ3n) is 2.21. The van der Waals surface area contributed by atoms with E-state index in [1.54, 1.807) is 0 Å². The molecule has 0 fully saturated rings. The molecule has 0 aliphatic heterocycles. The molecule has 0 nitrogen and oxygen atoms in total. The molecule has 2 aromatic carbocycles. The summed E-state index contributed by atoms with van der Waals surface area (Å²) in [6.07, 6.45) is 0. The van der Waals surface area contributed by atoms with Crippen molar-refractivity contribution in [1.29, 1.82) is 0 Å². The molecule has 0 saturated carbocycles. The summed E-state index contributed by atoms with van der Waals surface area (Å²) in [6, 6.07) is 18.9. The van der Waals surface area contributed by atoms with Crippen molar-refractivity contribution >= 4 is 31.5 Å². The van der Waals surface area contributed by atoms with Crippen LogP contribution in [-0.2, 0) is 5.88 Å². The Bertz CT molecular complexity index is 426. The first-order valence-corrected chi connectivity index (χ1v) is 6.39. The number of rotatable bonds is 3. The van der Waals surface area contributed by atoms with Crippen LogP contribution >= 0.6 is 11.6 Å². The van der Waals surface area contributed by atoms with Crippen LogP contribution in [-0.4, -0.2) is 9.52 Å². The Labute approximate surface area is 97.7 Å². The van der Waals surface area contributed by atoms with E-state index in [4.69, 9.17) is 11.6 Å². The fourth-order valence-electron chi connectivity index (χ4n) is 1.44. The van der Waals surface area contributed by atoms with Crippen LogP contribution in [0.25, 0.3) is 0 Å². The van der Waals surface area contributed by atoms with E-state index in [2.05, 4.69) is 42.5 Å². The number of halogens is 1. The van der Waals surface area contributed by atoms with Gasteiger partial charge in [0.1, 0.15) is 9.52 Å². The Balaban J connectivity index is 2.24. The molecule has 2 aromatic rings.